The maximum absolute atomic E-state index is 12.8. The molecule has 1 amide bonds. The van der Waals surface area contributed by atoms with Gasteiger partial charge in [-0.05, 0) is 44.5 Å². The van der Waals surface area contributed by atoms with E-state index in [1.807, 2.05) is 54.4 Å². The number of benzene rings is 1. The van der Waals surface area contributed by atoms with Gasteiger partial charge < -0.3 is 9.47 Å². The second-order valence-corrected chi connectivity index (χ2v) is 6.67. The molecule has 3 aromatic rings. The highest BCUT2D eigenvalue weighted by molar-refractivity contribution is 5.94. The number of pyridine rings is 1. The number of fused-ring (bicyclic) bond motifs is 1. The van der Waals surface area contributed by atoms with Crippen LogP contribution in [0, 0.1) is 6.92 Å². The summed E-state index contributed by atoms with van der Waals surface area (Å²) in [5.74, 6) is 1.43. The van der Waals surface area contributed by atoms with E-state index in [0.717, 1.165) is 54.2 Å². The van der Waals surface area contributed by atoms with Crippen molar-refractivity contribution in [1.29, 1.82) is 0 Å². The molecule has 0 spiro atoms. The van der Waals surface area contributed by atoms with Gasteiger partial charge in [-0.3, -0.25) is 4.79 Å². The number of hydrogen-bond donors (Lipinski definition) is 0. The summed E-state index contributed by atoms with van der Waals surface area (Å²) in [6, 6.07) is 11.7. The summed E-state index contributed by atoms with van der Waals surface area (Å²) in [5.41, 5.74) is 3.75. The lowest BCUT2D eigenvalue weighted by Gasteiger charge is -2.17. The number of imidazole rings is 1. The zero-order chi connectivity index (χ0) is 17.4. The predicted octanol–water partition coefficient (Wildman–Crippen LogP) is 3.39. The van der Waals surface area contributed by atoms with Crippen molar-refractivity contribution >= 4 is 17.1 Å². The third-order valence-corrected chi connectivity index (χ3v) is 4.96. The second kappa shape index (κ2) is 6.31. The van der Waals surface area contributed by atoms with Crippen LogP contribution in [0.1, 0.15) is 41.0 Å². The molecule has 25 heavy (non-hydrogen) atoms. The second-order valence-electron chi connectivity index (χ2n) is 6.67. The van der Waals surface area contributed by atoms with Gasteiger partial charge in [0.15, 0.2) is 5.65 Å². The Morgan fingerprint density at radius 3 is 2.96 bits per heavy atom. The number of nitrogens with zero attached hydrogens (tertiary/aromatic N) is 4. The van der Waals surface area contributed by atoms with Crippen molar-refractivity contribution in [1.82, 2.24) is 19.4 Å². The quantitative estimate of drug-likeness (QED) is 0.738. The average molecular weight is 334 g/mol. The van der Waals surface area contributed by atoms with Gasteiger partial charge in [0.25, 0.3) is 5.91 Å². The van der Waals surface area contributed by atoms with Crippen molar-refractivity contribution in [3.63, 3.8) is 0 Å². The molecule has 128 valence electrons. The molecular formula is C20H22N4O. The van der Waals surface area contributed by atoms with Crippen LogP contribution in [0.2, 0.25) is 0 Å². The Morgan fingerprint density at radius 2 is 2.16 bits per heavy atom. The van der Waals surface area contributed by atoms with Crippen molar-refractivity contribution in [2.45, 2.75) is 32.7 Å². The molecule has 5 nitrogen and oxygen atoms in total. The van der Waals surface area contributed by atoms with Crippen molar-refractivity contribution in [3.05, 3.63) is 59.5 Å². The number of carbonyl (C=O) groups is 1. The first-order valence-electron chi connectivity index (χ1n) is 8.84. The van der Waals surface area contributed by atoms with Gasteiger partial charge in [0.1, 0.15) is 11.3 Å². The van der Waals surface area contributed by atoms with Crippen LogP contribution >= 0.6 is 0 Å². The zero-order valence-corrected chi connectivity index (χ0v) is 14.6. The molecule has 0 bridgehead atoms. The lowest BCUT2D eigenvalue weighted by atomic mass is 10.1. The summed E-state index contributed by atoms with van der Waals surface area (Å²) in [6.07, 6.45) is 2.75. The summed E-state index contributed by atoms with van der Waals surface area (Å²) >= 11 is 0. The van der Waals surface area contributed by atoms with Gasteiger partial charge in [0, 0.05) is 37.3 Å². The molecule has 0 saturated carbocycles. The van der Waals surface area contributed by atoms with E-state index in [-0.39, 0.29) is 11.8 Å². The van der Waals surface area contributed by atoms with Crippen LogP contribution < -0.4 is 0 Å². The summed E-state index contributed by atoms with van der Waals surface area (Å²) in [7, 11) is 0. The van der Waals surface area contributed by atoms with E-state index in [2.05, 4.69) is 16.5 Å². The number of likely N-dealkylation sites (tertiary alicyclic amines) is 1. The number of aryl methyl sites for hydroxylation is 2. The van der Waals surface area contributed by atoms with Crippen molar-refractivity contribution in [2.24, 2.45) is 0 Å². The summed E-state index contributed by atoms with van der Waals surface area (Å²) in [6.45, 7) is 6.46. The monoisotopic (exact) mass is 334 g/mol. The van der Waals surface area contributed by atoms with Gasteiger partial charge in [0.2, 0.25) is 0 Å². The van der Waals surface area contributed by atoms with E-state index < -0.39 is 0 Å². The van der Waals surface area contributed by atoms with Crippen LogP contribution in [0.25, 0.3) is 11.2 Å². The molecule has 0 radical (unpaired) electrons. The molecule has 2 aromatic heterocycles. The molecule has 1 atom stereocenters. The lowest BCUT2D eigenvalue weighted by Crippen LogP contribution is -2.28. The summed E-state index contributed by atoms with van der Waals surface area (Å²) in [4.78, 5) is 24.0. The van der Waals surface area contributed by atoms with Crippen molar-refractivity contribution < 1.29 is 4.79 Å². The fraction of sp³-hybridized carbons (Fsp3) is 0.350. The number of hydrogen-bond acceptors (Lipinski definition) is 3. The maximum atomic E-state index is 12.8. The van der Waals surface area contributed by atoms with Gasteiger partial charge >= 0.3 is 0 Å². The third kappa shape index (κ3) is 2.80. The highest BCUT2D eigenvalue weighted by Crippen LogP contribution is 2.29. The maximum Gasteiger partial charge on any atom is 0.253 e. The summed E-state index contributed by atoms with van der Waals surface area (Å²) < 4.78 is 2.18. The molecule has 0 aliphatic carbocycles. The molecule has 4 rings (SSSR count). The first-order chi connectivity index (χ1) is 12.2. The Kier molecular flexibility index (Phi) is 3.99. The number of aromatic nitrogens is 3. The molecular weight excluding hydrogens is 312 g/mol. The van der Waals surface area contributed by atoms with Crippen LogP contribution in [0.4, 0.5) is 0 Å². The normalized spacial score (nSPS) is 17.4. The van der Waals surface area contributed by atoms with Crippen LogP contribution in [-0.4, -0.2) is 38.4 Å². The van der Waals surface area contributed by atoms with Crippen LogP contribution in [-0.2, 0) is 6.54 Å². The van der Waals surface area contributed by atoms with Crippen LogP contribution in [0.15, 0.2) is 42.6 Å². The van der Waals surface area contributed by atoms with Gasteiger partial charge in [0.05, 0.1) is 0 Å². The molecule has 1 aromatic carbocycles. The Balaban J connectivity index is 1.59. The van der Waals surface area contributed by atoms with E-state index in [4.69, 9.17) is 4.98 Å². The molecule has 5 heteroatoms. The molecule has 1 fully saturated rings. The highest BCUT2D eigenvalue weighted by atomic mass is 16.2. The Morgan fingerprint density at radius 1 is 1.28 bits per heavy atom. The number of amides is 1. The standard InChI is InChI=1S/C20H22N4O/c1-3-24-18(22-17-8-5-10-21-19(17)24)16-9-11-23(13-16)20(25)15-7-4-6-14(2)12-15/h4-8,10,12,16H,3,9,11,13H2,1-2H3/t16-/m0/s1. The number of carbonyl (C=O) groups excluding carboxylic acids is 1. The average Bonchev–Trinajstić information content (AvgIpc) is 3.25. The molecule has 0 N–H and O–H groups in total. The van der Waals surface area contributed by atoms with Crippen molar-refractivity contribution in [2.75, 3.05) is 13.1 Å². The first kappa shape index (κ1) is 15.8. The van der Waals surface area contributed by atoms with Gasteiger partial charge in [-0.2, -0.15) is 0 Å². The minimum atomic E-state index is 0.114. The predicted molar refractivity (Wildman–Crippen MR) is 97.6 cm³/mol. The van der Waals surface area contributed by atoms with E-state index >= 15 is 0 Å². The first-order valence-corrected chi connectivity index (χ1v) is 8.84. The highest BCUT2D eigenvalue weighted by Gasteiger charge is 2.31. The minimum Gasteiger partial charge on any atom is -0.338 e. The fourth-order valence-electron chi connectivity index (χ4n) is 3.72. The Bertz CT molecular complexity index is 930. The smallest absolute Gasteiger partial charge is 0.253 e. The van der Waals surface area contributed by atoms with E-state index in [1.54, 1.807) is 0 Å². The number of rotatable bonds is 3. The van der Waals surface area contributed by atoms with E-state index in [1.165, 1.54) is 0 Å². The van der Waals surface area contributed by atoms with Gasteiger partial charge in [-0.1, -0.05) is 17.7 Å². The fourth-order valence-corrected chi connectivity index (χ4v) is 3.72. The van der Waals surface area contributed by atoms with Gasteiger partial charge in [-0.25, -0.2) is 9.97 Å². The largest absolute Gasteiger partial charge is 0.338 e. The SMILES string of the molecule is CCn1c([C@H]2CCN(C(=O)c3cccc(C)c3)C2)nc2cccnc21. The topological polar surface area (TPSA) is 51.0 Å². The zero-order valence-electron chi connectivity index (χ0n) is 14.6. The lowest BCUT2D eigenvalue weighted by molar-refractivity contribution is 0.0790. The third-order valence-electron chi connectivity index (χ3n) is 4.96. The van der Waals surface area contributed by atoms with E-state index in [9.17, 15) is 4.79 Å². The molecule has 0 unspecified atom stereocenters. The van der Waals surface area contributed by atoms with Crippen LogP contribution in [0.3, 0.4) is 0 Å². The Hall–Kier alpha value is -2.69. The van der Waals surface area contributed by atoms with E-state index in [0.29, 0.717) is 0 Å². The Labute approximate surface area is 147 Å². The minimum absolute atomic E-state index is 0.114. The van der Waals surface area contributed by atoms with Crippen molar-refractivity contribution in [3.8, 4) is 0 Å². The molecule has 1 aliphatic rings. The summed E-state index contributed by atoms with van der Waals surface area (Å²) in [5, 5.41) is 0. The van der Waals surface area contributed by atoms with Gasteiger partial charge in [-0.15, -0.1) is 0 Å². The molecule has 1 saturated heterocycles. The molecule has 3 heterocycles. The molecule has 1 aliphatic heterocycles. The van der Waals surface area contributed by atoms with Crippen LogP contribution in [0.5, 0.6) is 0 Å².